The van der Waals surface area contributed by atoms with Crippen molar-refractivity contribution in [3.8, 4) is 0 Å². The number of nitrogens with zero attached hydrogens (tertiary/aromatic N) is 2. The monoisotopic (exact) mass is 228 g/mol. The topological polar surface area (TPSA) is 67.6 Å². The molecule has 0 radical (unpaired) electrons. The Morgan fingerprint density at radius 1 is 1.29 bits per heavy atom. The third-order valence-corrected chi connectivity index (χ3v) is 3.20. The summed E-state index contributed by atoms with van der Waals surface area (Å²) in [6.45, 7) is 2.06. The van der Waals surface area contributed by atoms with Crippen LogP contribution in [0, 0.1) is 6.92 Å². The smallest absolute Gasteiger partial charge is 0.171 e. The molecule has 0 amide bonds. The predicted octanol–water partition coefficient (Wildman–Crippen LogP) is 2.04. The van der Waals surface area contributed by atoms with E-state index in [4.69, 9.17) is 5.73 Å². The van der Waals surface area contributed by atoms with Crippen molar-refractivity contribution in [1.29, 1.82) is 0 Å². The van der Waals surface area contributed by atoms with Crippen LogP contribution in [0.4, 0.5) is 0 Å². The van der Waals surface area contributed by atoms with Crippen molar-refractivity contribution >= 4 is 0 Å². The number of aromatic amines is 1. The first kappa shape index (κ1) is 10.5. The van der Waals surface area contributed by atoms with Crippen LogP contribution in [-0.2, 0) is 0 Å². The molecule has 1 atom stereocenters. The number of hydrogen-bond donors (Lipinski definition) is 2. The molecule has 4 nitrogen and oxygen atoms in total. The fourth-order valence-corrected chi connectivity index (χ4v) is 1.89. The van der Waals surface area contributed by atoms with E-state index < -0.39 is 0 Å². The summed E-state index contributed by atoms with van der Waals surface area (Å²) in [5.41, 5.74) is 8.44. The van der Waals surface area contributed by atoms with E-state index in [1.807, 2.05) is 12.1 Å². The maximum atomic E-state index is 6.16. The van der Waals surface area contributed by atoms with Crippen LogP contribution in [0.5, 0.6) is 0 Å². The average Bonchev–Trinajstić information content (AvgIpc) is 3.07. The number of hydrogen-bond acceptors (Lipinski definition) is 3. The predicted molar refractivity (Wildman–Crippen MR) is 65.6 cm³/mol. The lowest BCUT2D eigenvalue weighted by atomic mass is 10.1. The van der Waals surface area contributed by atoms with Crippen LogP contribution in [0.3, 0.4) is 0 Å². The number of H-pyrrole nitrogens is 1. The minimum atomic E-state index is -0.237. The molecule has 0 unspecified atom stereocenters. The van der Waals surface area contributed by atoms with Gasteiger partial charge in [-0.3, -0.25) is 5.10 Å². The van der Waals surface area contributed by atoms with E-state index in [0.29, 0.717) is 11.7 Å². The molecular formula is C13H16N4. The number of benzene rings is 1. The zero-order chi connectivity index (χ0) is 11.8. The minimum absolute atomic E-state index is 0.237. The van der Waals surface area contributed by atoms with E-state index in [9.17, 15) is 0 Å². The zero-order valence-corrected chi connectivity index (χ0v) is 9.85. The zero-order valence-electron chi connectivity index (χ0n) is 9.85. The largest absolute Gasteiger partial charge is 0.318 e. The summed E-state index contributed by atoms with van der Waals surface area (Å²) in [6, 6.07) is 7.95. The molecule has 2 aromatic rings. The first-order chi connectivity index (χ1) is 8.24. The highest BCUT2D eigenvalue weighted by atomic mass is 15.2. The fraction of sp³-hybridized carbons (Fsp3) is 0.385. The minimum Gasteiger partial charge on any atom is -0.318 e. The number of nitrogens with two attached hydrogens (primary N) is 1. The molecule has 3 rings (SSSR count). The standard InChI is InChI=1S/C13H16N4/c1-8-2-4-9(5-3-8)11(14)13-15-12(16-17-13)10-6-7-10/h2-5,10-11H,6-7,14H2,1H3,(H,15,16,17)/t11-/m1/s1. The highest BCUT2D eigenvalue weighted by Gasteiger charge is 2.28. The molecule has 4 heteroatoms. The Morgan fingerprint density at radius 2 is 2.00 bits per heavy atom. The molecule has 1 heterocycles. The van der Waals surface area contributed by atoms with E-state index >= 15 is 0 Å². The highest BCUT2D eigenvalue weighted by Crippen LogP contribution is 2.38. The van der Waals surface area contributed by atoms with Crippen LogP contribution < -0.4 is 5.73 Å². The second-order valence-electron chi connectivity index (χ2n) is 4.74. The Balaban J connectivity index is 1.84. The molecule has 1 fully saturated rings. The quantitative estimate of drug-likeness (QED) is 0.844. The number of aryl methyl sites for hydroxylation is 1. The molecule has 1 aliphatic rings. The van der Waals surface area contributed by atoms with Crippen molar-refractivity contribution in [2.45, 2.75) is 31.7 Å². The highest BCUT2D eigenvalue weighted by molar-refractivity contribution is 5.27. The van der Waals surface area contributed by atoms with Gasteiger partial charge in [-0.25, -0.2) is 4.98 Å². The van der Waals surface area contributed by atoms with E-state index in [2.05, 4.69) is 34.2 Å². The third-order valence-electron chi connectivity index (χ3n) is 3.20. The summed E-state index contributed by atoms with van der Waals surface area (Å²) >= 11 is 0. The van der Waals surface area contributed by atoms with Gasteiger partial charge in [-0.15, -0.1) is 0 Å². The van der Waals surface area contributed by atoms with Crippen molar-refractivity contribution in [2.24, 2.45) is 5.73 Å². The maximum absolute atomic E-state index is 6.16. The van der Waals surface area contributed by atoms with Crippen molar-refractivity contribution in [1.82, 2.24) is 15.2 Å². The van der Waals surface area contributed by atoms with Gasteiger partial charge in [0, 0.05) is 5.92 Å². The fourth-order valence-electron chi connectivity index (χ4n) is 1.89. The molecular weight excluding hydrogens is 212 g/mol. The maximum Gasteiger partial charge on any atom is 0.171 e. The first-order valence-corrected chi connectivity index (χ1v) is 5.98. The van der Waals surface area contributed by atoms with Gasteiger partial charge in [-0.2, -0.15) is 5.10 Å². The molecule has 0 saturated heterocycles. The first-order valence-electron chi connectivity index (χ1n) is 5.98. The van der Waals surface area contributed by atoms with Crippen LogP contribution in [0.1, 0.15) is 47.6 Å². The molecule has 1 aliphatic carbocycles. The van der Waals surface area contributed by atoms with Crippen LogP contribution in [0.15, 0.2) is 24.3 Å². The molecule has 0 aliphatic heterocycles. The summed E-state index contributed by atoms with van der Waals surface area (Å²) in [7, 11) is 0. The van der Waals surface area contributed by atoms with E-state index in [1.165, 1.54) is 18.4 Å². The van der Waals surface area contributed by atoms with Crippen LogP contribution in [-0.4, -0.2) is 15.2 Å². The lowest BCUT2D eigenvalue weighted by Gasteiger charge is -2.07. The van der Waals surface area contributed by atoms with E-state index in [0.717, 1.165) is 11.4 Å². The molecule has 17 heavy (non-hydrogen) atoms. The van der Waals surface area contributed by atoms with E-state index in [-0.39, 0.29) is 6.04 Å². The van der Waals surface area contributed by atoms with Crippen molar-refractivity contribution in [2.75, 3.05) is 0 Å². The Bertz CT molecular complexity index is 510. The Hall–Kier alpha value is -1.68. The Labute approximate surface area is 100 Å². The Morgan fingerprint density at radius 3 is 2.65 bits per heavy atom. The van der Waals surface area contributed by atoms with Crippen LogP contribution in [0.25, 0.3) is 0 Å². The van der Waals surface area contributed by atoms with Gasteiger partial charge in [0.15, 0.2) is 5.82 Å². The van der Waals surface area contributed by atoms with Crippen LogP contribution >= 0.6 is 0 Å². The molecule has 1 saturated carbocycles. The van der Waals surface area contributed by atoms with Gasteiger partial charge in [-0.1, -0.05) is 29.8 Å². The molecule has 3 N–H and O–H groups in total. The van der Waals surface area contributed by atoms with Gasteiger partial charge >= 0.3 is 0 Å². The lowest BCUT2D eigenvalue weighted by Crippen LogP contribution is -2.13. The second-order valence-corrected chi connectivity index (χ2v) is 4.74. The second kappa shape index (κ2) is 3.96. The molecule has 0 spiro atoms. The van der Waals surface area contributed by atoms with Gasteiger partial charge < -0.3 is 5.73 Å². The summed E-state index contributed by atoms with van der Waals surface area (Å²) < 4.78 is 0. The molecule has 1 aromatic heterocycles. The van der Waals surface area contributed by atoms with Crippen molar-refractivity contribution in [3.63, 3.8) is 0 Å². The van der Waals surface area contributed by atoms with Crippen molar-refractivity contribution < 1.29 is 0 Å². The molecule has 1 aromatic carbocycles. The van der Waals surface area contributed by atoms with Gasteiger partial charge in [0.1, 0.15) is 5.82 Å². The summed E-state index contributed by atoms with van der Waals surface area (Å²) in [4.78, 5) is 4.48. The molecule has 88 valence electrons. The van der Waals surface area contributed by atoms with Gasteiger partial charge in [0.05, 0.1) is 6.04 Å². The normalized spacial score (nSPS) is 17.1. The van der Waals surface area contributed by atoms with Gasteiger partial charge in [-0.05, 0) is 25.3 Å². The third kappa shape index (κ3) is 2.08. The number of aromatic nitrogens is 3. The summed E-state index contributed by atoms with van der Waals surface area (Å²) in [6.07, 6.45) is 2.43. The SMILES string of the molecule is Cc1ccc([C@@H](N)c2n[nH]c(C3CC3)n2)cc1. The van der Waals surface area contributed by atoms with E-state index in [1.54, 1.807) is 0 Å². The molecule has 0 bridgehead atoms. The van der Waals surface area contributed by atoms with Crippen molar-refractivity contribution in [3.05, 3.63) is 47.0 Å². The summed E-state index contributed by atoms with van der Waals surface area (Å²) in [5, 5.41) is 7.20. The number of nitrogens with one attached hydrogen (secondary N) is 1. The number of rotatable bonds is 3. The van der Waals surface area contributed by atoms with Gasteiger partial charge in [0.2, 0.25) is 0 Å². The Kier molecular flexibility index (Phi) is 2.44. The van der Waals surface area contributed by atoms with Gasteiger partial charge in [0.25, 0.3) is 0 Å². The van der Waals surface area contributed by atoms with Crippen LogP contribution in [0.2, 0.25) is 0 Å². The summed E-state index contributed by atoms with van der Waals surface area (Å²) in [5.74, 6) is 2.26. The lowest BCUT2D eigenvalue weighted by molar-refractivity contribution is 0.786. The average molecular weight is 228 g/mol.